The highest BCUT2D eigenvalue weighted by molar-refractivity contribution is 9.10. The molecule has 1 saturated carbocycles. The van der Waals surface area contributed by atoms with Crippen molar-refractivity contribution in [2.45, 2.75) is 45.6 Å². The van der Waals surface area contributed by atoms with E-state index >= 15 is 0 Å². The number of hydrogen-bond donors (Lipinski definition) is 1. The number of hydrogen-bond acceptors (Lipinski definition) is 2. The van der Waals surface area contributed by atoms with E-state index < -0.39 is 0 Å². The first kappa shape index (κ1) is 12.6. The maximum absolute atomic E-state index is 3.69. The van der Waals surface area contributed by atoms with Crippen molar-refractivity contribution in [3.8, 4) is 0 Å². The van der Waals surface area contributed by atoms with Crippen LogP contribution in [0.25, 0.3) is 0 Å². The van der Waals surface area contributed by atoms with E-state index in [1.807, 2.05) is 11.3 Å². The molecule has 3 heteroatoms. The molecule has 1 aromatic rings. The molecular weight excluding hydrogens is 282 g/mol. The first-order chi connectivity index (χ1) is 7.70. The Labute approximate surface area is 111 Å². The van der Waals surface area contributed by atoms with Crippen LogP contribution in [0.1, 0.15) is 48.4 Å². The van der Waals surface area contributed by atoms with Crippen molar-refractivity contribution < 1.29 is 0 Å². The summed E-state index contributed by atoms with van der Waals surface area (Å²) in [6.45, 7) is 5.44. The molecule has 0 spiro atoms. The molecule has 0 saturated heterocycles. The Balaban J connectivity index is 2.07. The predicted molar refractivity (Wildman–Crippen MR) is 75.1 cm³/mol. The van der Waals surface area contributed by atoms with Gasteiger partial charge in [-0.05, 0) is 47.8 Å². The van der Waals surface area contributed by atoms with Crippen LogP contribution in [-0.4, -0.2) is 6.54 Å². The molecule has 2 rings (SSSR count). The molecule has 0 amide bonds. The van der Waals surface area contributed by atoms with E-state index in [4.69, 9.17) is 0 Å². The molecule has 1 aromatic heterocycles. The van der Waals surface area contributed by atoms with Gasteiger partial charge < -0.3 is 5.32 Å². The Morgan fingerprint density at radius 3 is 2.75 bits per heavy atom. The molecule has 1 fully saturated rings. The second-order valence-electron chi connectivity index (χ2n) is 4.71. The first-order valence-electron chi connectivity index (χ1n) is 6.20. The molecule has 0 aliphatic heterocycles. The van der Waals surface area contributed by atoms with Gasteiger partial charge in [-0.3, -0.25) is 0 Å². The third kappa shape index (κ3) is 2.88. The highest BCUT2D eigenvalue weighted by Crippen LogP contribution is 2.39. The van der Waals surface area contributed by atoms with E-state index in [9.17, 15) is 0 Å². The normalized spacial score (nSPS) is 18.4. The smallest absolute Gasteiger partial charge is 0.0428 e. The molecule has 1 unspecified atom stereocenters. The quantitative estimate of drug-likeness (QED) is 0.834. The Bertz CT molecular complexity index is 344. The zero-order valence-electron chi connectivity index (χ0n) is 10.1. The highest BCUT2D eigenvalue weighted by atomic mass is 79.9. The summed E-state index contributed by atoms with van der Waals surface area (Å²) < 4.78 is 1.29. The van der Waals surface area contributed by atoms with Crippen molar-refractivity contribution in [1.82, 2.24) is 5.32 Å². The molecule has 1 nitrogen and oxygen atoms in total. The van der Waals surface area contributed by atoms with Gasteiger partial charge in [-0.25, -0.2) is 0 Å². The van der Waals surface area contributed by atoms with Crippen molar-refractivity contribution in [3.63, 3.8) is 0 Å². The summed E-state index contributed by atoms with van der Waals surface area (Å²) in [4.78, 5) is 2.89. The summed E-state index contributed by atoms with van der Waals surface area (Å²) >= 11 is 5.62. The van der Waals surface area contributed by atoms with E-state index in [2.05, 4.69) is 41.2 Å². The molecule has 90 valence electrons. The summed E-state index contributed by atoms with van der Waals surface area (Å²) in [7, 11) is 0. The zero-order chi connectivity index (χ0) is 11.5. The van der Waals surface area contributed by atoms with Crippen LogP contribution in [0.2, 0.25) is 0 Å². The van der Waals surface area contributed by atoms with Gasteiger partial charge in [-0.1, -0.05) is 26.2 Å². The van der Waals surface area contributed by atoms with Crippen molar-refractivity contribution in [1.29, 1.82) is 0 Å². The maximum atomic E-state index is 3.69. The number of halogens is 1. The summed E-state index contributed by atoms with van der Waals surface area (Å²) in [5.41, 5.74) is 0. The first-order valence-corrected chi connectivity index (χ1v) is 7.81. The third-order valence-electron chi connectivity index (χ3n) is 3.40. The minimum Gasteiger partial charge on any atom is -0.309 e. The standard InChI is InChI=1S/C13H20BrNS/c1-3-15-12(8-10-5-4-6-10)13-11(14)7-9(2)16-13/h7,10,12,15H,3-6,8H2,1-2H3. The molecule has 1 heterocycles. The number of rotatable bonds is 5. The average molecular weight is 302 g/mol. The van der Waals surface area contributed by atoms with Gasteiger partial charge in [0.1, 0.15) is 0 Å². The molecule has 0 aromatic carbocycles. The zero-order valence-corrected chi connectivity index (χ0v) is 12.5. The van der Waals surface area contributed by atoms with Crippen molar-refractivity contribution in [2.24, 2.45) is 5.92 Å². The van der Waals surface area contributed by atoms with Crippen LogP contribution < -0.4 is 5.32 Å². The van der Waals surface area contributed by atoms with Gasteiger partial charge in [0, 0.05) is 20.3 Å². The maximum Gasteiger partial charge on any atom is 0.0428 e. The fourth-order valence-corrected chi connectivity index (χ4v) is 4.35. The van der Waals surface area contributed by atoms with Crippen LogP contribution in [-0.2, 0) is 0 Å². The number of thiophene rings is 1. The van der Waals surface area contributed by atoms with E-state index in [0.29, 0.717) is 6.04 Å². The van der Waals surface area contributed by atoms with Gasteiger partial charge in [0.05, 0.1) is 0 Å². The lowest BCUT2D eigenvalue weighted by molar-refractivity contribution is 0.263. The Morgan fingerprint density at radius 1 is 1.56 bits per heavy atom. The van der Waals surface area contributed by atoms with E-state index in [1.54, 1.807) is 0 Å². The van der Waals surface area contributed by atoms with Crippen LogP contribution in [0.3, 0.4) is 0 Å². The summed E-state index contributed by atoms with van der Waals surface area (Å²) in [6.07, 6.45) is 5.62. The van der Waals surface area contributed by atoms with Crippen LogP contribution in [0.15, 0.2) is 10.5 Å². The molecule has 1 aliphatic carbocycles. The Morgan fingerprint density at radius 2 is 2.31 bits per heavy atom. The molecule has 0 radical (unpaired) electrons. The summed E-state index contributed by atoms with van der Waals surface area (Å²) in [5.74, 6) is 0.957. The fourth-order valence-electron chi connectivity index (χ4n) is 2.33. The minimum atomic E-state index is 0.559. The van der Waals surface area contributed by atoms with Crippen molar-refractivity contribution in [3.05, 3.63) is 20.3 Å². The van der Waals surface area contributed by atoms with Crippen LogP contribution in [0.5, 0.6) is 0 Å². The van der Waals surface area contributed by atoms with Gasteiger partial charge in [0.15, 0.2) is 0 Å². The average Bonchev–Trinajstić information content (AvgIpc) is 2.49. The van der Waals surface area contributed by atoms with E-state index in [-0.39, 0.29) is 0 Å². The molecule has 1 atom stereocenters. The summed E-state index contributed by atoms with van der Waals surface area (Å²) in [6, 6.07) is 2.80. The number of aryl methyl sites for hydroxylation is 1. The molecule has 0 bridgehead atoms. The Hall–Kier alpha value is 0.140. The van der Waals surface area contributed by atoms with Crippen LogP contribution in [0, 0.1) is 12.8 Å². The fraction of sp³-hybridized carbons (Fsp3) is 0.692. The van der Waals surface area contributed by atoms with Crippen LogP contribution >= 0.6 is 27.3 Å². The molecule has 1 aliphatic rings. The van der Waals surface area contributed by atoms with E-state index in [0.717, 1.165) is 12.5 Å². The van der Waals surface area contributed by atoms with Gasteiger partial charge in [0.25, 0.3) is 0 Å². The van der Waals surface area contributed by atoms with Gasteiger partial charge in [-0.2, -0.15) is 0 Å². The Kier molecular flexibility index (Phi) is 4.45. The molecule has 16 heavy (non-hydrogen) atoms. The second-order valence-corrected chi connectivity index (χ2v) is 6.85. The SMILES string of the molecule is CCNC(CC1CCC1)c1sc(C)cc1Br. The van der Waals surface area contributed by atoms with Gasteiger partial charge >= 0.3 is 0 Å². The minimum absolute atomic E-state index is 0.559. The predicted octanol–water partition coefficient (Wildman–Crippen LogP) is 4.66. The lowest BCUT2D eigenvalue weighted by Gasteiger charge is -2.30. The van der Waals surface area contributed by atoms with Crippen molar-refractivity contribution in [2.75, 3.05) is 6.54 Å². The lowest BCUT2D eigenvalue weighted by Crippen LogP contribution is -2.25. The topological polar surface area (TPSA) is 12.0 Å². The molecule has 1 N–H and O–H groups in total. The largest absolute Gasteiger partial charge is 0.309 e. The van der Waals surface area contributed by atoms with E-state index in [1.165, 1.54) is 39.9 Å². The molecular formula is C13H20BrNS. The lowest BCUT2D eigenvalue weighted by atomic mass is 9.80. The van der Waals surface area contributed by atoms with Gasteiger partial charge in [0.2, 0.25) is 0 Å². The highest BCUT2D eigenvalue weighted by Gasteiger charge is 2.24. The van der Waals surface area contributed by atoms with Gasteiger partial charge in [-0.15, -0.1) is 11.3 Å². The monoisotopic (exact) mass is 301 g/mol. The van der Waals surface area contributed by atoms with Crippen LogP contribution in [0.4, 0.5) is 0 Å². The third-order valence-corrected chi connectivity index (χ3v) is 5.48. The second kappa shape index (κ2) is 5.65. The number of nitrogens with one attached hydrogen (secondary N) is 1. The van der Waals surface area contributed by atoms with Crippen molar-refractivity contribution >= 4 is 27.3 Å². The summed E-state index contributed by atoms with van der Waals surface area (Å²) in [5, 5.41) is 3.63.